The maximum atomic E-state index is 6.24. The molecule has 0 spiro atoms. The summed E-state index contributed by atoms with van der Waals surface area (Å²) >= 11 is 6.24. The SMILES string of the molecule is COc1cccc(COC(c2ccccc2Cl)C(C)N)c1. The van der Waals surface area contributed by atoms with Gasteiger partial charge in [0.2, 0.25) is 0 Å². The molecule has 2 aromatic carbocycles. The minimum absolute atomic E-state index is 0.157. The highest BCUT2D eigenvalue weighted by Gasteiger charge is 2.19. The number of halogens is 1. The van der Waals surface area contributed by atoms with Crippen LogP contribution in [0.4, 0.5) is 0 Å². The van der Waals surface area contributed by atoms with E-state index in [1.165, 1.54) is 0 Å². The summed E-state index contributed by atoms with van der Waals surface area (Å²) in [6.07, 6.45) is -0.245. The number of benzene rings is 2. The van der Waals surface area contributed by atoms with Crippen LogP contribution < -0.4 is 10.5 Å². The van der Waals surface area contributed by atoms with Crippen molar-refractivity contribution in [3.8, 4) is 5.75 Å². The van der Waals surface area contributed by atoms with Gasteiger partial charge < -0.3 is 15.2 Å². The molecule has 0 aliphatic heterocycles. The highest BCUT2D eigenvalue weighted by atomic mass is 35.5. The first-order valence-corrected chi connectivity index (χ1v) is 7.24. The quantitative estimate of drug-likeness (QED) is 0.878. The second kappa shape index (κ2) is 7.46. The molecule has 0 bridgehead atoms. The van der Waals surface area contributed by atoms with Crippen molar-refractivity contribution in [2.24, 2.45) is 5.73 Å². The molecule has 2 rings (SSSR count). The zero-order valence-electron chi connectivity index (χ0n) is 12.3. The van der Waals surface area contributed by atoms with Gasteiger partial charge in [0.05, 0.1) is 19.8 Å². The van der Waals surface area contributed by atoms with Crippen molar-refractivity contribution < 1.29 is 9.47 Å². The predicted octanol–water partition coefficient (Wildman–Crippen LogP) is 3.95. The van der Waals surface area contributed by atoms with Gasteiger partial charge in [-0.3, -0.25) is 0 Å². The first-order valence-electron chi connectivity index (χ1n) is 6.86. The van der Waals surface area contributed by atoms with Gasteiger partial charge in [-0.15, -0.1) is 0 Å². The Bertz CT molecular complexity index is 587. The molecule has 0 aromatic heterocycles. The third-order valence-corrected chi connectivity index (χ3v) is 3.60. The second-order valence-corrected chi connectivity index (χ2v) is 5.37. The molecule has 0 radical (unpaired) electrons. The van der Waals surface area contributed by atoms with Gasteiger partial charge in [-0.05, 0) is 30.7 Å². The first kappa shape index (κ1) is 15.8. The fourth-order valence-electron chi connectivity index (χ4n) is 2.18. The molecule has 0 saturated heterocycles. The molecule has 2 atom stereocenters. The molecule has 4 heteroatoms. The van der Waals surface area contributed by atoms with Crippen molar-refractivity contribution in [1.82, 2.24) is 0 Å². The molecule has 0 heterocycles. The highest BCUT2D eigenvalue weighted by molar-refractivity contribution is 6.31. The lowest BCUT2D eigenvalue weighted by Gasteiger charge is -2.23. The average Bonchev–Trinajstić information content (AvgIpc) is 2.49. The summed E-state index contributed by atoms with van der Waals surface area (Å²) in [4.78, 5) is 0. The Balaban J connectivity index is 2.12. The number of hydrogen-bond donors (Lipinski definition) is 1. The zero-order valence-corrected chi connectivity index (χ0v) is 13.0. The van der Waals surface area contributed by atoms with Gasteiger partial charge in [0.15, 0.2) is 0 Å². The maximum Gasteiger partial charge on any atom is 0.119 e. The van der Waals surface area contributed by atoms with E-state index in [1.807, 2.05) is 55.5 Å². The largest absolute Gasteiger partial charge is 0.497 e. The van der Waals surface area contributed by atoms with Crippen LogP contribution in [0.2, 0.25) is 5.02 Å². The van der Waals surface area contributed by atoms with Crippen LogP contribution in [0.3, 0.4) is 0 Å². The topological polar surface area (TPSA) is 44.5 Å². The lowest BCUT2D eigenvalue weighted by molar-refractivity contribution is 0.0259. The van der Waals surface area contributed by atoms with Crippen LogP contribution in [-0.2, 0) is 11.3 Å². The van der Waals surface area contributed by atoms with Crippen molar-refractivity contribution in [2.45, 2.75) is 25.7 Å². The van der Waals surface area contributed by atoms with E-state index in [9.17, 15) is 0 Å². The summed E-state index contributed by atoms with van der Waals surface area (Å²) in [5.41, 5.74) is 8.00. The minimum Gasteiger partial charge on any atom is -0.497 e. The maximum absolute atomic E-state index is 6.24. The van der Waals surface area contributed by atoms with E-state index in [1.54, 1.807) is 7.11 Å². The first-order chi connectivity index (χ1) is 10.1. The second-order valence-electron chi connectivity index (χ2n) is 4.96. The smallest absolute Gasteiger partial charge is 0.119 e. The van der Waals surface area contributed by atoms with Crippen molar-refractivity contribution in [3.63, 3.8) is 0 Å². The Kier molecular flexibility index (Phi) is 5.62. The summed E-state index contributed by atoms with van der Waals surface area (Å²) in [6, 6.07) is 15.3. The number of nitrogens with two attached hydrogens (primary N) is 1. The van der Waals surface area contributed by atoms with Gasteiger partial charge in [-0.25, -0.2) is 0 Å². The third kappa shape index (κ3) is 4.21. The lowest BCUT2D eigenvalue weighted by Crippen LogP contribution is -2.27. The summed E-state index contributed by atoms with van der Waals surface area (Å²) < 4.78 is 11.2. The monoisotopic (exact) mass is 305 g/mol. The Morgan fingerprint density at radius 3 is 2.57 bits per heavy atom. The molecule has 0 amide bonds. The molecule has 112 valence electrons. The molecular weight excluding hydrogens is 286 g/mol. The fraction of sp³-hybridized carbons (Fsp3) is 0.294. The molecule has 2 aromatic rings. The van der Waals surface area contributed by atoms with Crippen molar-refractivity contribution in [2.75, 3.05) is 7.11 Å². The van der Waals surface area contributed by atoms with Crippen LogP contribution in [0.15, 0.2) is 48.5 Å². The summed E-state index contributed by atoms with van der Waals surface area (Å²) in [7, 11) is 1.65. The third-order valence-electron chi connectivity index (χ3n) is 3.25. The average molecular weight is 306 g/mol. The standard InChI is InChI=1S/C17H20ClNO2/c1-12(19)17(15-8-3-4-9-16(15)18)21-11-13-6-5-7-14(10-13)20-2/h3-10,12,17H,11,19H2,1-2H3. The van der Waals surface area contributed by atoms with Crippen LogP contribution in [-0.4, -0.2) is 13.2 Å². The molecule has 0 aliphatic rings. The zero-order chi connectivity index (χ0) is 15.2. The van der Waals surface area contributed by atoms with E-state index in [0.717, 1.165) is 16.9 Å². The summed E-state index contributed by atoms with van der Waals surface area (Å²) in [5.74, 6) is 0.811. The number of rotatable bonds is 6. The van der Waals surface area contributed by atoms with E-state index in [4.69, 9.17) is 26.8 Å². The Morgan fingerprint density at radius 1 is 1.14 bits per heavy atom. The molecule has 2 N–H and O–H groups in total. The number of ether oxygens (including phenoxy) is 2. The van der Waals surface area contributed by atoms with Gasteiger partial charge in [0, 0.05) is 16.6 Å². The molecule has 3 nitrogen and oxygen atoms in total. The lowest BCUT2D eigenvalue weighted by atomic mass is 10.0. The van der Waals surface area contributed by atoms with Gasteiger partial charge in [0.1, 0.15) is 5.75 Å². The van der Waals surface area contributed by atoms with Gasteiger partial charge in [0.25, 0.3) is 0 Å². The van der Waals surface area contributed by atoms with Gasteiger partial charge >= 0.3 is 0 Å². The van der Waals surface area contributed by atoms with E-state index in [0.29, 0.717) is 11.6 Å². The molecular formula is C17H20ClNO2. The minimum atomic E-state index is -0.245. The normalized spacial score (nSPS) is 13.7. The van der Waals surface area contributed by atoms with Crippen molar-refractivity contribution in [3.05, 3.63) is 64.7 Å². The number of methoxy groups -OCH3 is 1. The Labute approximate surface area is 130 Å². The van der Waals surface area contributed by atoms with Crippen molar-refractivity contribution >= 4 is 11.6 Å². The summed E-state index contributed by atoms with van der Waals surface area (Å²) in [5, 5.41) is 0.672. The molecule has 0 saturated carbocycles. The van der Waals surface area contributed by atoms with E-state index >= 15 is 0 Å². The van der Waals surface area contributed by atoms with Crippen LogP contribution in [0.25, 0.3) is 0 Å². The van der Waals surface area contributed by atoms with Crippen LogP contribution >= 0.6 is 11.6 Å². The van der Waals surface area contributed by atoms with Crippen molar-refractivity contribution in [1.29, 1.82) is 0 Å². The van der Waals surface area contributed by atoms with Gasteiger partial charge in [-0.1, -0.05) is 41.9 Å². The molecule has 0 aliphatic carbocycles. The molecule has 0 fully saturated rings. The fourth-order valence-corrected chi connectivity index (χ4v) is 2.42. The van der Waals surface area contributed by atoms with E-state index in [2.05, 4.69) is 0 Å². The van der Waals surface area contributed by atoms with E-state index in [-0.39, 0.29) is 12.1 Å². The molecule has 2 unspecified atom stereocenters. The van der Waals surface area contributed by atoms with E-state index < -0.39 is 0 Å². The van der Waals surface area contributed by atoms with Crippen LogP contribution in [0.1, 0.15) is 24.2 Å². The predicted molar refractivity (Wildman–Crippen MR) is 85.6 cm³/mol. The summed E-state index contributed by atoms with van der Waals surface area (Å²) in [6.45, 7) is 2.37. The van der Waals surface area contributed by atoms with Gasteiger partial charge in [-0.2, -0.15) is 0 Å². The van der Waals surface area contributed by atoms with Crippen LogP contribution in [0, 0.1) is 0 Å². The Morgan fingerprint density at radius 2 is 1.90 bits per heavy atom. The molecule has 21 heavy (non-hydrogen) atoms. The number of hydrogen-bond acceptors (Lipinski definition) is 3. The Hall–Kier alpha value is -1.55. The van der Waals surface area contributed by atoms with Crippen LogP contribution in [0.5, 0.6) is 5.75 Å². The highest BCUT2D eigenvalue weighted by Crippen LogP contribution is 2.28.